The normalized spacial score (nSPS) is 12.2. The first-order valence-corrected chi connectivity index (χ1v) is 8.28. The Morgan fingerprint density at radius 3 is 3.05 bits per heavy atom. The molecular weight excluding hydrogens is 321 g/mol. The maximum Gasteiger partial charge on any atom is 0.157 e. The maximum absolute atomic E-state index is 13.2. The topological polar surface area (TPSA) is 66.6 Å². The largest absolute Gasteiger partial charge is 0.298 e. The van der Waals surface area contributed by atoms with Crippen molar-refractivity contribution in [3.63, 3.8) is 0 Å². The van der Waals surface area contributed by atoms with Crippen molar-refractivity contribution >= 4 is 38.7 Å². The van der Waals surface area contributed by atoms with Crippen LogP contribution in [0.2, 0.25) is 0 Å². The van der Waals surface area contributed by atoms with E-state index < -0.39 is 5.92 Å². The lowest BCUT2D eigenvalue weighted by molar-refractivity contribution is -0.119. The fourth-order valence-corrected chi connectivity index (χ4v) is 3.67. The molecule has 0 saturated carbocycles. The third-order valence-electron chi connectivity index (χ3n) is 3.18. The maximum atomic E-state index is 13.2. The third kappa shape index (κ3) is 3.03. The van der Waals surface area contributed by atoms with Crippen LogP contribution in [0.15, 0.2) is 29.1 Å². The number of halogens is 1. The van der Waals surface area contributed by atoms with E-state index in [1.165, 1.54) is 34.8 Å². The number of rotatable bonds is 5. The molecule has 2 heterocycles. The molecule has 0 unspecified atom stereocenters. The van der Waals surface area contributed by atoms with E-state index >= 15 is 0 Å². The first-order valence-electron chi connectivity index (χ1n) is 6.53. The number of Topliss-reactive ketones (excluding diaryl/α,β-unsaturated/α-hetero) is 1. The highest BCUT2D eigenvalue weighted by molar-refractivity contribution is 7.18. The minimum absolute atomic E-state index is 0.185. The second-order valence-electron chi connectivity index (χ2n) is 4.67. The summed E-state index contributed by atoms with van der Waals surface area (Å²) in [6.45, 7) is 0. The zero-order valence-electron chi connectivity index (χ0n) is 11.3. The van der Waals surface area contributed by atoms with Gasteiger partial charge in [-0.2, -0.15) is 5.26 Å². The summed E-state index contributed by atoms with van der Waals surface area (Å²) in [5.74, 6) is -1.47. The number of aryl methyl sites for hydroxylation is 1. The van der Waals surface area contributed by atoms with Crippen molar-refractivity contribution in [1.82, 2.24) is 9.97 Å². The molecule has 0 N–H and O–H groups in total. The number of aromatic nitrogens is 2. The van der Waals surface area contributed by atoms with Crippen molar-refractivity contribution in [1.29, 1.82) is 5.26 Å². The van der Waals surface area contributed by atoms with E-state index in [1.54, 1.807) is 11.6 Å². The second-order valence-corrected chi connectivity index (χ2v) is 6.45. The van der Waals surface area contributed by atoms with Gasteiger partial charge in [-0.25, -0.2) is 14.4 Å². The first-order chi connectivity index (χ1) is 10.7. The van der Waals surface area contributed by atoms with E-state index in [4.69, 9.17) is 0 Å². The molecule has 110 valence electrons. The minimum atomic E-state index is -0.904. The summed E-state index contributed by atoms with van der Waals surface area (Å²) in [5, 5.41) is 11.6. The molecule has 1 aromatic carbocycles. The molecule has 0 bridgehead atoms. The van der Waals surface area contributed by atoms with E-state index in [0.29, 0.717) is 16.9 Å². The van der Waals surface area contributed by atoms with Crippen LogP contribution in [0.3, 0.4) is 0 Å². The van der Waals surface area contributed by atoms with Crippen molar-refractivity contribution in [2.24, 2.45) is 0 Å². The molecule has 0 saturated heterocycles. The fraction of sp³-hybridized carbons (Fsp3) is 0.200. The van der Waals surface area contributed by atoms with Crippen LogP contribution in [-0.2, 0) is 11.2 Å². The van der Waals surface area contributed by atoms with Gasteiger partial charge in [0.2, 0.25) is 0 Å². The Labute approximate surface area is 133 Å². The van der Waals surface area contributed by atoms with Crippen LogP contribution >= 0.6 is 22.7 Å². The van der Waals surface area contributed by atoms with Gasteiger partial charge in [0.1, 0.15) is 10.8 Å². The number of carbonyl (C=O) groups is 1. The minimum Gasteiger partial charge on any atom is -0.298 e. The number of nitriles is 1. The van der Waals surface area contributed by atoms with Crippen LogP contribution < -0.4 is 0 Å². The number of thiazole rings is 2. The Balaban J connectivity index is 1.79. The number of hydrogen-bond donors (Lipinski definition) is 0. The van der Waals surface area contributed by atoms with Gasteiger partial charge in [-0.3, -0.25) is 4.79 Å². The molecule has 0 aliphatic carbocycles. The molecule has 3 aromatic rings. The molecule has 0 aliphatic rings. The van der Waals surface area contributed by atoms with Gasteiger partial charge in [0.05, 0.1) is 27.5 Å². The average molecular weight is 331 g/mol. The van der Waals surface area contributed by atoms with Crippen LogP contribution in [0, 0.1) is 17.1 Å². The molecule has 1 atom stereocenters. The lowest BCUT2D eigenvalue weighted by atomic mass is 10.0. The standard InChI is InChI=1S/C15H10FN3OS2/c16-9-1-4-14-12(5-9)19-15(22-14)11(6-17)13(20)3-2-10-7-21-8-18-10/h1,4-5,7-8,11H,2-3H2/t11-/m0/s1. The quantitative estimate of drug-likeness (QED) is 0.715. The Bertz CT molecular complexity index is 851. The molecule has 7 heteroatoms. The van der Waals surface area contributed by atoms with Gasteiger partial charge < -0.3 is 0 Å². The zero-order chi connectivity index (χ0) is 15.5. The highest BCUT2D eigenvalue weighted by Gasteiger charge is 2.24. The van der Waals surface area contributed by atoms with E-state index in [2.05, 4.69) is 9.97 Å². The van der Waals surface area contributed by atoms with Gasteiger partial charge in [-0.05, 0) is 18.6 Å². The van der Waals surface area contributed by atoms with Gasteiger partial charge in [0, 0.05) is 17.9 Å². The SMILES string of the molecule is N#C[C@@H](C(=O)CCc1cscn1)c1nc2cc(F)ccc2s1. The van der Waals surface area contributed by atoms with Crippen molar-refractivity contribution in [2.75, 3.05) is 0 Å². The number of ketones is 1. The molecule has 4 nitrogen and oxygen atoms in total. The highest BCUT2D eigenvalue weighted by Crippen LogP contribution is 2.29. The summed E-state index contributed by atoms with van der Waals surface area (Å²) in [6.07, 6.45) is 0.756. The van der Waals surface area contributed by atoms with Crippen molar-refractivity contribution in [3.8, 4) is 6.07 Å². The zero-order valence-corrected chi connectivity index (χ0v) is 13.0. The summed E-state index contributed by atoms with van der Waals surface area (Å²) < 4.78 is 14.0. The lowest BCUT2D eigenvalue weighted by Gasteiger charge is -2.03. The molecule has 0 radical (unpaired) electrons. The first kappa shape index (κ1) is 14.8. The van der Waals surface area contributed by atoms with Gasteiger partial charge in [0.25, 0.3) is 0 Å². The number of hydrogen-bond acceptors (Lipinski definition) is 6. The monoisotopic (exact) mass is 331 g/mol. The van der Waals surface area contributed by atoms with Gasteiger partial charge >= 0.3 is 0 Å². The molecular formula is C15H10FN3OS2. The molecule has 0 spiro atoms. The van der Waals surface area contributed by atoms with E-state index in [-0.39, 0.29) is 18.0 Å². The van der Waals surface area contributed by atoms with Crippen molar-refractivity contribution in [3.05, 3.63) is 45.6 Å². The second kappa shape index (κ2) is 6.30. The van der Waals surface area contributed by atoms with Crippen LogP contribution in [0.4, 0.5) is 4.39 Å². The number of carbonyl (C=O) groups excluding carboxylic acids is 1. The Morgan fingerprint density at radius 2 is 2.32 bits per heavy atom. The molecule has 22 heavy (non-hydrogen) atoms. The Morgan fingerprint density at radius 1 is 1.45 bits per heavy atom. The van der Waals surface area contributed by atoms with Gasteiger partial charge in [-0.15, -0.1) is 22.7 Å². The fourth-order valence-electron chi connectivity index (χ4n) is 2.06. The molecule has 0 amide bonds. The predicted octanol–water partition coefficient (Wildman–Crippen LogP) is 3.70. The van der Waals surface area contributed by atoms with Crippen LogP contribution in [0.5, 0.6) is 0 Å². The van der Waals surface area contributed by atoms with Crippen LogP contribution in [0.1, 0.15) is 23.0 Å². The van der Waals surface area contributed by atoms with E-state index in [1.807, 2.05) is 11.4 Å². The number of benzene rings is 1. The van der Waals surface area contributed by atoms with Crippen molar-refractivity contribution < 1.29 is 9.18 Å². The number of nitrogens with zero attached hydrogens (tertiary/aromatic N) is 3. The lowest BCUT2D eigenvalue weighted by Crippen LogP contribution is -2.11. The average Bonchev–Trinajstić information content (AvgIpc) is 3.14. The molecule has 2 aromatic heterocycles. The van der Waals surface area contributed by atoms with Gasteiger partial charge in [-0.1, -0.05) is 0 Å². The Hall–Kier alpha value is -2.17. The third-order valence-corrected chi connectivity index (χ3v) is 4.91. The summed E-state index contributed by atoms with van der Waals surface area (Å²) in [5.41, 5.74) is 3.04. The summed E-state index contributed by atoms with van der Waals surface area (Å²) >= 11 is 2.73. The molecule has 3 rings (SSSR count). The summed E-state index contributed by atoms with van der Waals surface area (Å²) in [7, 11) is 0. The molecule has 0 fully saturated rings. The van der Waals surface area contributed by atoms with Gasteiger partial charge in [0.15, 0.2) is 11.7 Å². The number of fused-ring (bicyclic) bond motifs is 1. The Kier molecular flexibility index (Phi) is 4.22. The predicted molar refractivity (Wildman–Crippen MR) is 83.4 cm³/mol. The highest BCUT2D eigenvalue weighted by atomic mass is 32.1. The van der Waals surface area contributed by atoms with E-state index in [0.717, 1.165) is 10.4 Å². The molecule has 0 aliphatic heterocycles. The van der Waals surface area contributed by atoms with Crippen molar-refractivity contribution in [2.45, 2.75) is 18.8 Å². The summed E-state index contributed by atoms with van der Waals surface area (Å²) in [6, 6.07) is 6.27. The summed E-state index contributed by atoms with van der Waals surface area (Å²) in [4.78, 5) is 20.6. The smallest absolute Gasteiger partial charge is 0.157 e. The van der Waals surface area contributed by atoms with Crippen LogP contribution in [-0.4, -0.2) is 15.8 Å². The van der Waals surface area contributed by atoms with E-state index in [9.17, 15) is 14.4 Å². The van der Waals surface area contributed by atoms with Crippen LogP contribution in [0.25, 0.3) is 10.2 Å².